The molecule has 1 N–H and O–H groups in total. The molecule has 1 spiro atoms. The molecule has 5 rings (SSSR count). The number of rotatable bonds is 0. The molecule has 1 aromatic rings. The highest BCUT2D eigenvalue weighted by atomic mass is 15.2. The van der Waals surface area contributed by atoms with Crippen LogP contribution in [-0.4, -0.2) is 11.6 Å². The average molecular weight is 239 g/mol. The maximum absolute atomic E-state index is 3.84. The second kappa shape index (κ2) is 3.19. The van der Waals surface area contributed by atoms with Crippen LogP contribution >= 0.6 is 0 Å². The number of aryl methyl sites for hydroxylation is 1. The second-order valence-electron chi connectivity index (χ2n) is 6.97. The maximum atomic E-state index is 3.84. The Morgan fingerprint density at radius 2 is 2.00 bits per heavy atom. The molecule has 1 heterocycles. The van der Waals surface area contributed by atoms with Crippen LogP contribution in [0.4, 0.5) is 0 Å². The Morgan fingerprint density at radius 1 is 1.06 bits per heavy atom. The van der Waals surface area contributed by atoms with E-state index in [9.17, 15) is 0 Å². The van der Waals surface area contributed by atoms with Crippen LogP contribution in [-0.2, 0) is 6.42 Å². The van der Waals surface area contributed by atoms with Gasteiger partial charge in [-0.3, -0.25) is 0 Å². The number of piperidine rings is 1. The summed E-state index contributed by atoms with van der Waals surface area (Å²) in [6.07, 6.45) is 8.60. The van der Waals surface area contributed by atoms with Gasteiger partial charge in [0.1, 0.15) is 0 Å². The minimum atomic E-state index is 0.619. The highest BCUT2D eigenvalue weighted by Crippen LogP contribution is 2.61. The molecule has 1 heteroatoms. The summed E-state index contributed by atoms with van der Waals surface area (Å²) < 4.78 is 0. The predicted molar refractivity (Wildman–Crippen MR) is 72.6 cm³/mol. The fraction of sp³-hybridized carbons (Fsp3) is 0.647. The molecule has 2 saturated carbocycles. The molecular weight excluding hydrogens is 218 g/mol. The van der Waals surface area contributed by atoms with Crippen molar-refractivity contribution in [1.82, 2.24) is 5.32 Å². The molecule has 0 bridgehead atoms. The number of fused-ring (bicyclic) bond motifs is 4. The van der Waals surface area contributed by atoms with Crippen molar-refractivity contribution in [2.45, 2.75) is 56.0 Å². The molecule has 94 valence electrons. The monoisotopic (exact) mass is 239 g/mol. The minimum absolute atomic E-state index is 0.619. The summed E-state index contributed by atoms with van der Waals surface area (Å²) in [7, 11) is 0. The first-order valence-corrected chi connectivity index (χ1v) is 7.74. The third-order valence-electron chi connectivity index (χ3n) is 6.51. The van der Waals surface area contributed by atoms with Crippen molar-refractivity contribution in [2.75, 3.05) is 0 Å². The fourth-order valence-corrected chi connectivity index (χ4v) is 5.73. The number of benzene rings is 1. The van der Waals surface area contributed by atoms with E-state index in [4.69, 9.17) is 0 Å². The SMILES string of the molecule is c1ccc2c(c1)CCC1C2CCC23NC2CCC13. The van der Waals surface area contributed by atoms with E-state index < -0.39 is 0 Å². The molecule has 0 aromatic heterocycles. The van der Waals surface area contributed by atoms with E-state index in [1.54, 1.807) is 11.1 Å². The zero-order chi connectivity index (χ0) is 11.7. The van der Waals surface area contributed by atoms with Crippen molar-refractivity contribution in [1.29, 1.82) is 0 Å². The smallest absolute Gasteiger partial charge is 0.0369 e. The van der Waals surface area contributed by atoms with Gasteiger partial charge in [0.05, 0.1) is 0 Å². The van der Waals surface area contributed by atoms with E-state index in [2.05, 4.69) is 29.6 Å². The zero-order valence-electron chi connectivity index (χ0n) is 10.9. The molecule has 1 aromatic carbocycles. The van der Waals surface area contributed by atoms with E-state index in [-0.39, 0.29) is 0 Å². The van der Waals surface area contributed by atoms with Gasteiger partial charge in [-0.15, -0.1) is 0 Å². The average Bonchev–Trinajstić information content (AvgIpc) is 3.00. The maximum Gasteiger partial charge on any atom is 0.0369 e. The van der Waals surface area contributed by atoms with Crippen LogP contribution in [0.3, 0.4) is 0 Å². The second-order valence-corrected chi connectivity index (χ2v) is 6.97. The first-order chi connectivity index (χ1) is 8.88. The molecule has 0 amide bonds. The van der Waals surface area contributed by atoms with Crippen LogP contribution in [0.1, 0.15) is 49.1 Å². The Labute approximate surface area is 109 Å². The van der Waals surface area contributed by atoms with Gasteiger partial charge < -0.3 is 5.32 Å². The fourth-order valence-electron chi connectivity index (χ4n) is 5.73. The molecule has 0 radical (unpaired) electrons. The Kier molecular flexibility index (Phi) is 1.78. The first kappa shape index (κ1) is 10.0. The van der Waals surface area contributed by atoms with Crippen molar-refractivity contribution in [3.63, 3.8) is 0 Å². The molecule has 4 aliphatic rings. The minimum Gasteiger partial charge on any atom is -0.305 e. The van der Waals surface area contributed by atoms with Gasteiger partial charge in [-0.05, 0) is 67.4 Å². The standard InChI is InChI=1S/C17H21N/c1-2-4-12-11(3-1)5-6-14-13(12)9-10-17-15(14)7-8-16(17)18-17/h1-4,13-16,18H,5-10H2. The summed E-state index contributed by atoms with van der Waals surface area (Å²) in [5.74, 6) is 2.86. The molecule has 18 heavy (non-hydrogen) atoms. The Morgan fingerprint density at radius 3 is 2.94 bits per heavy atom. The van der Waals surface area contributed by atoms with E-state index in [1.807, 2.05) is 0 Å². The first-order valence-electron chi connectivity index (χ1n) is 7.74. The Hall–Kier alpha value is -0.820. The topological polar surface area (TPSA) is 21.9 Å². The third kappa shape index (κ3) is 1.08. The lowest BCUT2D eigenvalue weighted by Crippen LogP contribution is -2.41. The molecule has 1 nitrogen and oxygen atoms in total. The van der Waals surface area contributed by atoms with Gasteiger partial charge in [-0.25, -0.2) is 0 Å². The summed E-state index contributed by atoms with van der Waals surface area (Å²) in [6.45, 7) is 0. The molecule has 5 atom stereocenters. The molecule has 5 unspecified atom stereocenters. The van der Waals surface area contributed by atoms with Crippen molar-refractivity contribution >= 4 is 0 Å². The molecule has 3 aliphatic carbocycles. The van der Waals surface area contributed by atoms with Crippen LogP contribution < -0.4 is 5.32 Å². The van der Waals surface area contributed by atoms with E-state index in [0.29, 0.717) is 5.54 Å². The lowest BCUT2D eigenvalue weighted by molar-refractivity contribution is 0.145. The number of hydrogen-bond donors (Lipinski definition) is 1. The summed E-state index contributed by atoms with van der Waals surface area (Å²) >= 11 is 0. The van der Waals surface area contributed by atoms with Crippen LogP contribution in [0, 0.1) is 11.8 Å². The summed E-state index contributed by atoms with van der Waals surface area (Å²) in [5, 5.41) is 3.84. The van der Waals surface area contributed by atoms with Gasteiger partial charge in [0.25, 0.3) is 0 Å². The lowest BCUT2D eigenvalue weighted by Gasteiger charge is -2.45. The van der Waals surface area contributed by atoms with Crippen molar-refractivity contribution in [3.05, 3.63) is 35.4 Å². The van der Waals surface area contributed by atoms with E-state index >= 15 is 0 Å². The van der Waals surface area contributed by atoms with Gasteiger partial charge in [0, 0.05) is 11.6 Å². The van der Waals surface area contributed by atoms with Gasteiger partial charge >= 0.3 is 0 Å². The quantitative estimate of drug-likeness (QED) is 0.690. The molecular formula is C17H21N. The van der Waals surface area contributed by atoms with Gasteiger partial charge in [-0.1, -0.05) is 24.3 Å². The van der Waals surface area contributed by atoms with Gasteiger partial charge in [-0.2, -0.15) is 0 Å². The van der Waals surface area contributed by atoms with Crippen LogP contribution in [0.25, 0.3) is 0 Å². The summed E-state index contributed by atoms with van der Waals surface area (Å²) in [6, 6.07) is 10.1. The summed E-state index contributed by atoms with van der Waals surface area (Å²) in [5.41, 5.74) is 3.97. The highest BCUT2D eigenvalue weighted by molar-refractivity contribution is 5.37. The highest BCUT2D eigenvalue weighted by Gasteiger charge is 2.66. The number of hydrogen-bond acceptors (Lipinski definition) is 1. The Balaban J connectivity index is 1.57. The third-order valence-corrected chi connectivity index (χ3v) is 6.51. The molecule has 1 saturated heterocycles. The Bertz CT molecular complexity index is 508. The molecule has 3 fully saturated rings. The van der Waals surface area contributed by atoms with Crippen LogP contribution in [0.15, 0.2) is 24.3 Å². The van der Waals surface area contributed by atoms with Crippen molar-refractivity contribution < 1.29 is 0 Å². The molecule has 1 aliphatic heterocycles. The van der Waals surface area contributed by atoms with Gasteiger partial charge in [0.2, 0.25) is 0 Å². The van der Waals surface area contributed by atoms with E-state index in [0.717, 1.165) is 23.8 Å². The summed E-state index contributed by atoms with van der Waals surface area (Å²) in [4.78, 5) is 0. The number of nitrogens with one attached hydrogen (secondary N) is 1. The van der Waals surface area contributed by atoms with Crippen molar-refractivity contribution in [3.8, 4) is 0 Å². The van der Waals surface area contributed by atoms with Crippen LogP contribution in [0.2, 0.25) is 0 Å². The zero-order valence-corrected chi connectivity index (χ0v) is 10.9. The lowest BCUT2D eigenvalue weighted by atomic mass is 9.60. The van der Waals surface area contributed by atoms with Gasteiger partial charge in [0.15, 0.2) is 0 Å². The largest absolute Gasteiger partial charge is 0.305 e. The van der Waals surface area contributed by atoms with Crippen molar-refractivity contribution in [2.24, 2.45) is 11.8 Å². The van der Waals surface area contributed by atoms with E-state index in [1.165, 1.54) is 38.5 Å². The normalized spacial score (nSPS) is 47.8. The predicted octanol–water partition coefficient (Wildman–Crippen LogP) is 3.25. The van der Waals surface area contributed by atoms with Crippen LogP contribution in [0.5, 0.6) is 0 Å².